The number of fused-ring (bicyclic) bond motifs is 2. The topological polar surface area (TPSA) is 97.2 Å². The third-order valence-corrected chi connectivity index (χ3v) is 6.34. The van der Waals surface area contributed by atoms with Crippen LogP contribution in [0.3, 0.4) is 0 Å². The molecule has 5 heterocycles. The first-order chi connectivity index (χ1) is 15.1. The number of aromatic nitrogens is 4. The molecule has 3 aliphatic heterocycles. The summed E-state index contributed by atoms with van der Waals surface area (Å²) in [6.45, 7) is 4.18. The molecule has 1 fully saturated rings. The van der Waals surface area contributed by atoms with E-state index in [0.29, 0.717) is 24.1 Å². The van der Waals surface area contributed by atoms with Crippen LogP contribution in [0.1, 0.15) is 19.8 Å². The number of nitrogens with zero attached hydrogens (tertiary/aromatic N) is 6. The molecule has 10 heteroatoms. The van der Waals surface area contributed by atoms with Crippen molar-refractivity contribution in [3.63, 3.8) is 0 Å². The number of allylic oxidation sites excluding steroid dienone is 3. The molecule has 160 valence electrons. The first kappa shape index (κ1) is 19.8. The molecule has 3 N–H and O–H groups in total. The predicted octanol–water partition coefficient (Wildman–Crippen LogP) is 1.31. The molecule has 0 aliphatic carbocycles. The van der Waals surface area contributed by atoms with Crippen molar-refractivity contribution < 1.29 is 0 Å². The molecule has 9 nitrogen and oxygen atoms in total. The maximum Gasteiger partial charge on any atom is 0.293 e. The number of hydrogen-bond acceptors (Lipinski definition) is 8. The number of rotatable bonds is 4. The highest BCUT2D eigenvalue weighted by Crippen LogP contribution is 2.28. The molecule has 0 unspecified atom stereocenters. The number of hydrogen-bond donors (Lipinski definition) is 2. The predicted molar refractivity (Wildman–Crippen MR) is 123 cm³/mol. The van der Waals surface area contributed by atoms with Gasteiger partial charge < -0.3 is 15.4 Å². The second-order valence-electron chi connectivity index (χ2n) is 7.75. The number of piperidine rings is 1. The van der Waals surface area contributed by atoms with Gasteiger partial charge in [0.05, 0.1) is 37.1 Å². The van der Waals surface area contributed by atoms with Gasteiger partial charge in [-0.2, -0.15) is 5.10 Å². The van der Waals surface area contributed by atoms with Gasteiger partial charge in [0.2, 0.25) is 5.95 Å². The number of nitrogens with one attached hydrogen (secondary N) is 1. The van der Waals surface area contributed by atoms with Crippen molar-refractivity contribution in [2.75, 3.05) is 18.0 Å². The van der Waals surface area contributed by atoms with E-state index < -0.39 is 0 Å². The van der Waals surface area contributed by atoms with Gasteiger partial charge in [-0.05, 0) is 37.5 Å². The molecule has 31 heavy (non-hydrogen) atoms. The zero-order chi connectivity index (χ0) is 21.4. The summed E-state index contributed by atoms with van der Waals surface area (Å²) >= 11 is 1.50. The van der Waals surface area contributed by atoms with Crippen LogP contribution in [0.4, 0.5) is 5.95 Å². The van der Waals surface area contributed by atoms with E-state index in [4.69, 9.17) is 10.7 Å². The highest BCUT2D eigenvalue weighted by atomic mass is 32.2. The van der Waals surface area contributed by atoms with Crippen LogP contribution in [0.25, 0.3) is 11.0 Å². The van der Waals surface area contributed by atoms with Crippen molar-refractivity contribution in [1.82, 2.24) is 28.4 Å². The number of nitrogens with two attached hydrogens (primary N) is 1. The van der Waals surface area contributed by atoms with Crippen LogP contribution in [0, 0.1) is 11.8 Å². The Hall–Kier alpha value is -3.16. The summed E-state index contributed by atoms with van der Waals surface area (Å²) in [7, 11) is 0. The SMILES string of the molecule is CC#CCn1c(N2CCC[C@@H](N)C2)nc2cnn(CC3=CC4=CNSN4C=C3)c(=O)c21. The van der Waals surface area contributed by atoms with Gasteiger partial charge >= 0.3 is 0 Å². The molecule has 0 aromatic carbocycles. The van der Waals surface area contributed by atoms with E-state index in [1.165, 1.54) is 16.8 Å². The molecule has 1 atom stereocenters. The van der Waals surface area contributed by atoms with Gasteiger partial charge in [-0.3, -0.25) is 13.7 Å². The highest BCUT2D eigenvalue weighted by molar-refractivity contribution is 7.95. The Labute approximate surface area is 184 Å². The Kier molecular flexibility index (Phi) is 5.21. The van der Waals surface area contributed by atoms with Gasteiger partial charge in [-0.25, -0.2) is 9.67 Å². The maximum absolute atomic E-state index is 13.4. The Morgan fingerprint density at radius 2 is 2.32 bits per heavy atom. The summed E-state index contributed by atoms with van der Waals surface area (Å²) in [5.41, 5.74) is 9.19. The lowest BCUT2D eigenvalue weighted by atomic mass is 10.1. The lowest BCUT2D eigenvalue weighted by Crippen LogP contribution is -2.44. The lowest BCUT2D eigenvalue weighted by Gasteiger charge is -2.31. The van der Waals surface area contributed by atoms with Crippen LogP contribution < -0.4 is 20.9 Å². The smallest absolute Gasteiger partial charge is 0.293 e. The fraction of sp³-hybridized carbons (Fsp3) is 0.381. The minimum absolute atomic E-state index is 0.108. The zero-order valence-corrected chi connectivity index (χ0v) is 18.1. The van der Waals surface area contributed by atoms with Gasteiger partial charge in [-0.1, -0.05) is 5.92 Å². The lowest BCUT2D eigenvalue weighted by molar-refractivity contribution is 0.496. The first-order valence-corrected chi connectivity index (χ1v) is 11.1. The van der Waals surface area contributed by atoms with Crippen LogP contribution in [0.5, 0.6) is 0 Å². The van der Waals surface area contributed by atoms with Crippen molar-refractivity contribution in [2.45, 2.75) is 38.9 Å². The summed E-state index contributed by atoms with van der Waals surface area (Å²) in [5, 5.41) is 4.40. The summed E-state index contributed by atoms with van der Waals surface area (Å²) < 4.78 is 8.54. The van der Waals surface area contributed by atoms with Crippen LogP contribution in [-0.4, -0.2) is 42.8 Å². The minimum Gasteiger partial charge on any atom is -0.341 e. The fourth-order valence-corrected chi connectivity index (χ4v) is 4.70. The first-order valence-electron chi connectivity index (χ1n) is 10.3. The fourth-order valence-electron chi connectivity index (χ4n) is 4.08. The van der Waals surface area contributed by atoms with Crippen molar-refractivity contribution in [3.05, 3.63) is 52.4 Å². The molecule has 3 aliphatic rings. The van der Waals surface area contributed by atoms with Gasteiger partial charge in [0.15, 0.2) is 0 Å². The molecule has 0 amide bonds. The largest absolute Gasteiger partial charge is 0.341 e. The van der Waals surface area contributed by atoms with Crippen LogP contribution >= 0.6 is 12.1 Å². The molecule has 2 aromatic rings. The molecule has 0 bridgehead atoms. The Bertz CT molecular complexity index is 1230. The summed E-state index contributed by atoms with van der Waals surface area (Å²) in [6.07, 6.45) is 11.6. The van der Waals surface area contributed by atoms with E-state index in [2.05, 4.69) is 26.6 Å². The summed E-state index contributed by atoms with van der Waals surface area (Å²) in [4.78, 5) is 20.3. The van der Waals surface area contributed by atoms with Crippen molar-refractivity contribution >= 4 is 29.1 Å². The molecule has 0 radical (unpaired) electrons. The second kappa shape index (κ2) is 8.17. The zero-order valence-electron chi connectivity index (χ0n) is 17.3. The van der Waals surface area contributed by atoms with Crippen molar-refractivity contribution in [1.29, 1.82) is 0 Å². The average Bonchev–Trinajstić information content (AvgIpc) is 3.38. The Balaban J connectivity index is 1.54. The van der Waals surface area contributed by atoms with Crippen molar-refractivity contribution in [3.8, 4) is 11.8 Å². The molecular formula is C21H24N8OS. The van der Waals surface area contributed by atoms with Gasteiger partial charge in [0.1, 0.15) is 11.0 Å². The molecule has 5 rings (SSSR count). The number of anilines is 1. The molecule has 2 aromatic heterocycles. The quantitative estimate of drug-likeness (QED) is 0.547. The molecule has 0 spiro atoms. The molecule has 1 saturated heterocycles. The van der Waals surface area contributed by atoms with E-state index in [1.54, 1.807) is 13.1 Å². The standard InChI is InChI=1S/C21H24N8OS/c1-2-3-8-27-19-18(25-21(27)26-7-4-5-16(22)14-26)12-23-28(20(19)30)13-15-6-9-29-17(10-15)11-24-31-29/h6,9-12,16,24H,4-5,7-8,13-14,22H2,1H3/t16-/m1/s1. The Morgan fingerprint density at radius 3 is 3.16 bits per heavy atom. The van der Waals surface area contributed by atoms with E-state index in [1.807, 2.05) is 33.4 Å². The van der Waals surface area contributed by atoms with E-state index in [-0.39, 0.29) is 11.6 Å². The van der Waals surface area contributed by atoms with Crippen LogP contribution in [0.2, 0.25) is 0 Å². The Morgan fingerprint density at radius 1 is 1.42 bits per heavy atom. The summed E-state index contributed by atoms with van der Waals surface area (Å²) in [6, 6.07) is 0.108. The van der Waals surface area contributed by atoms with E-state index in [9.17, 15) is 4.79 Å². The average molecular weight is 437 g/mol. The van der Waals surface area contributed by atoms with Crippen LogP contribution in [0.15, 0.2) is 46.8 Å². The van der Waals surface area contributed by atoms with E-state index in [0.717, 1.165) is 43.1 Å². The normalized spacial score (nSPS) is 20.1. The maximum atomic E-state index is 13.4. The van der Waals surface area contributed by atoms with Gasteiger partial charge in [0, 0.05) is 31.5 Å². The van der Waals surface area contributed by atoms with Gasteiger partial charge in [-0.15, -0.1) is 5.92 Å². The molecular weight excluding hydrogens is 412 g/mol. The minimum atomic E-state index is -0.167. The number of imidazole rings is 1. The molecule has 0 saturated carbocycles. The highest BCUT2D eigenvalue weighted by Gasteiger charge is 2.24. The summed E-state index contributed by atoms with van der Waals surface area (Å²) in [5.74, 6) is 6.76. The van der Waals surface area contributed by atoms with Crippen LogP contribution in [-0.2, 0) is 13.1 Å². The van der Waals surface area contributed by atoms with Gasteiger partial charge in [0.25, 0.3) is 5.56 Å². The third-order valence-electron chi connectivity index (χ3n) is 5.59. The second-order valence-corrected chi connectivity index (χ2v) is 8.57. The van der Waals surface area contributed by atoms with Crippen molar-refractivity contribution in [2.24, 2.45) is 5.73 Å². The van der Waals surface area contributed by atoms with E-state index >= 15 is 0 Å². The monoisotopic (exact) mass is 436 g/mol. The third kappa shape index (κ3) is 3.71.